The highest BCUT2D eigenvalue weighted by molar-refractivity contribution is 5.66. The Morgan fingerprint density at radius 3 is 2.61 bits per heavy atom. The Labute approximate surface area is 127 Å². The fourth-order valence-electron chi connectivity index (χ4n) is 2.26. The highest BCUT2D eigenvalue weighted by Gasteiger charge is 2.30. The largest absolute Gasteiger partial charge is 0.416 e. The molecule has 0 aliphatic heterocycles. The lowest BCUT2D eigenvalue weighted by molar-refractivity contribution is -0.137. The molecule has 0 saturated carbocycles. The van der Waals surface area contributed by atoms with Crippen molar-refractivity contribution >= 4 is 5.78 Å². The number of hydrogen-bond acceptors (Lipinski definition) is 3. The molecule has 0 saturated heterocycles. The van der Waals surface area contributed by atoms with Crippen LogP contribution in [0.4, 0.5) is 13.2 Å². The Hall–Kier alpha value is -3.06. The Morgan fingerprint density at radius 2 is 1.96 bits per heavy atom. The summed E-state index contributed by atoms with van der Waals surface area (Å²) in [5.74, 6) is 0.380. The third-order valence-corrected chi connectivity index (χ3v) is 3.25. The van der Waals surface area contributed by atoms with Crippen molar-refractivity contribution in [3.05, 3.63) is 64.4 Å². The molecule has 0 radical (unpaired) electrons. The van der Waals surface area contributed by atoms with Crippen LogP contribution >= 0.6 is 0 Å². The van der Waals surface area contributed by atoms with Crippen molar-refractivity contribution in [2.24, 2.45) is 5.11 Å². The van der Waals surface area contributed by atoms with Gasteiger partial charge in [0.1, 0.15) is 0 Å². The lowest BCUT2D eigenvalue weighted by atomic mass is 10.1. The van der Waals surface area contributed by atoms with Gasteiger partial charge in [0.15, 0.2) is 0 Å². The van der Waals surface area contributed by atoms with Gasteiger partial charge >= 0.3 is 6.18 Å². The molecule has 9 heteroatoms. The molecule has 1 aromatic carbocycles. The number of benzene rings is 1. The normalized spacial score (nSPS) is 11.4. The van der Waals surface area contributed by atoms with E-state index in [0.717, 1.165) is 12.1 Å². The summed E-state index contributed by atoms with van der Waals surface area (Å²) in [5, 5.41) is 3.48. The van der Waals surface area contributed by atoms with Crippen molar-refractivity contribution in [2.75, 3.05) is 0 Å². The van der Waals surface area contributed by atoms with Gasteiger partial charge in [-0.05, 0) is 23.7 Å². The number of fused-ring (bicyclic) bond motifs is 1. The molecule has 0 aliphatic rings. The van der Waals surface area contributed by atoms with E-state index in [1.165, 1.54) is 12.1 Å². The minimum absolute atomic E-state index is 0.0176. The number of imidazole rings is 1. The van der Waals surface area contributed by atoms with Crippen LogP contribution in [0.25, 0.3) is 27.5 Å². The minimum atomic E-state index is -4.40. The third-order valence-electron chi connectivity index (χ3n) is 3.25. The minimum Gasteiger partial charge on any atom is -0.283 e. The van der Waals surface area contributed by atoms with Gasteiger partial charge in [0.2, 0.25) is 5.78 Å². The van der Waals surface area contributed by atoms with E-state index in [0.29, 0.717) is 22.7 Å². The SMILES string of the molecule is [N-]=[N+]=NCc1nc2ncccn2c1-c1ccc(C(F)(F)F)cc1. The number of hydrogen-bond donors (Lipinski definition) is 0. The molecule has 3 aromatic rings. The molecular formula is C14H9F3N6. The first-order chi connectivity index (χ1) is 11.0. The van der Waals surface area contributed by atoms with E-state index in [2.05, 4.69) is 20.0 Å². The van der Waals surface area contributed by atoms with Gasteiger partial charge in [-0.1, -0.05) is 17.2 Å². The average molecular weight is 318 g/mol. The maximum Gasteiger partial charge on any atom is 0.416 e. The molecule has 0 unspecified atom stereocenters. The standard InChI is InChI=1S/C14H9F3N6/c15-14(16,17)10-4-2-9(3-5-10)12-11(8-20-22-18)21-13-19-6-1-7-23(12)13/h1-7H,8H2. The summed E-state index contributed by atoms with van der Waals surface area (Å²) in [6, 6.07) is 6.40. The molecule has 0 aliphatic carbocycles. The zero-order valence-electron chi connectivity index (χ0n) is 11.6. The second-order valence-electron chi connectivity index (χ2n) is 4.66. The van der Waals surface area contributed by atoms with Gasteiger partial charge < -0.3 is 0 Å². The van der Waals surface area contributed by atoms with Crippen molar-refractivity contribution in [3.8, 4) is 11.3 Å². The van der Waals surface area contributed by atoms with Crippen LogP contribution in [0.2, 0.25) is 0 Å². The van der Waals surface area contributed by atoms with Gasteiger partial charge in [0.25, 0.3) is 0 Å². The summed E-state index contributed by atoms with van der Waals surface area (Å²) < 4.78 is 39.7. The van der Waals surface area contributed by atoms with Crippen molar-refractivity contribution in [1.29, 1.82) is 0 Å². The van der Waals surface area contributed by atoms with Crippen LogP contribution < -0.4 is 0 Å². The highest BCUT2D eigenvalue weighted by Crippen LogP contribution is 2.32. The summed E-state index contributed by atoms with van der Waals surface area (Å²) in [4.78, 5) is 11.0. The first-order valence-corrected chi connectivity index (χ1v) is 6.51. The predicted molar refractivity (Wildman–Crippen MR) is 76.3 cm³/mol. The molecular weight excluding hydrogens is 309 g/mol. The average Bonchev–Trinajstić information content (AvgIpc) is 2.90. The molecule has 0 N–H and O–H groups in total. The number of nitrogens with zero attached hydrogens (tertiary/aromatic N) is 6. The van der Waals surface area contributed by atoms with Gasteiger partial charge in [-0.2, -0.15) is 13.2 Å². The summed E-state index contributed by atoms with van der Waals surface area (Å²) in [6.07, 6.45) is -1.15. The van der Waals surface area contributed by atoms with E-state index in [1.54, 1.807) is 22.9 Å². The molecule has 116 valence electrons. The van der Waals surface area contributed by atoms with Crippen LogP contribution in [0.1, 0.15) is 11.3 Å². The second-order valence-corrected chi connectivity index (χ2v) is 4.66. The third kappa shape index (κ3) is 2.82. The zero-order valence-corrected chi connectivity index (χ0v) is 11.6. The molecule has 23 heavy (non-hydrogen) atoms. The molecule has 0 atom stereocenters. The van der Waals surface area contributed by atoms with Gasteiger partial charge in [0.05, 0.1) is 23.5 Å². The van der Waals surface area contributed by atoms with E-state index in [-0.39, 0.29) is 6.54 Å². The Bertz CT molecular complexity index is 891. The quantitative estimate of drug-likeness (QED) is 0.411. The number of rotatable bonds is 3. The van der Waals surface area contributed by atoms with Gasteiger partial charge in [-0.3, -0.25) is 4.40 Å². The first kappa shape index (κ1) is 14.9. The number of halogens is 3. The maximum absolute atomic E-state index is 12.7. The smallest absolute Gasteiger partial charge is 0.283 e. The maximum atomic E-state index is 12.7. The summed E-state index contributed by atoms with van der Waals surface area (Å²) >= 11 is 0. The second kappa shape index (κ2) is 5.62. The van der Waals surface area contributed by atoms with E-state index >= 15 is 0 Å². The fourth-order valence-corrected chi connectivity index (χ4v) is 2.26. The van der Waals surface area contributed by atoms with Crippen molar-refractivity contribution < 1.29 is 13.2 Å². The molecule has 0 spiro atoms. The van der Waals surface area contributed by atoms with Crippen LogP contribution in [0.5, 0.6) is 0 Å². The van der Waals surface area contributed by atoms with Crippen molar-refractivity contribution in [3.63, 3.8) is 0 Å². The molecule has 0 fully saturated rings. The van der Waals surface area contributed by atoms with Crippen LogP contribution in [0, 0.1) is 0 Å². The lowest BCUT2D eigenvalue weighted by Gasteiger charge is -2.08. The van der Waals surface area contributed by atoms with Crippen molar-refractivity contribution in [1.82, 2.24) is 14.4 Å². The summed E-state index contributed by atoms with van der Waals surface area (Å²) in [7, 11) is 0. The Kier molecular flexibility index (Phi) is 3.63. The van der Waals surface area contributed by atoms with Crippen LogP contribution in [0.15, 0.2) is 47.8 Å². The van der Waals surface area contributed by atoms with Gasteiger partial charge in [0, 0.05) is 22.9 Å². The van der Waals surface area contributed by atoms with Gasteiger partial charge in [-0.25, -0.2) is 9.97 Å². The summed E-state index contributed by atoms with van der Waals surface area (Å²) in [6.45, 7) is -0.0176. The molecule has 2 heterocycles. The summed E-state index contributed by atoms with van der Waals surface area (Å²) in [5.41, 5.74) is 9.27. The predicted octanol–water partition coefficient (Wildman–Crippen LogP) is 4.23. The number of aromatic nitrogens is 3. The Morgan fingerprint density at radius 1 is 1.22 bits per heavy atom. The van der Waals surface area contributed by atoms with E-state index < -0.39 is 11.7 Å². The molecule has 2 aromatic heterocycles. The monoisotopic (exact) mass is 318 g/mol. The van der Waals surface area contributed by atoms with Crippen LogP contribution in [-0.4, -0.2) is 14.4 Å². The number of azide groups is 1. The van der Waals surface area contributed by atoms with E-state index in [1.807, 2.05) is 0 Å². The van der Waals surface area contributed by atoms with Gasteiger partial charge in [-0.15, -0.1) is 0 Å². The first-order valence-electron chi connectivity index (χ1n) is 6.51. The molecule has 0 bridgehead atoms. The van der Waals surface area contributed by atoms with Crippen LogP contribution in [-0.2, 0) is 12.7 Å². The fraction of sp³-hybridized carbons (Fsp3) is 0.143. The number of alkyl halides is 3. The van der Waals surface area contributed by atoms with E-state index in [4.69, 9.17) is 5.53 Å². The molecule has 6 nitrogen and oxygen atoms in total. The van der Waals surface area contributed by atoms with Crippen molar-refractivity contribution in [2.45, 2.75) is 12.7 Å². The Balaban J connectivity index is 2.15. The lowest BCUT2D eigenvalue weighted by Crippen LogP contribution is -2.04. The van der Waals surface area contributed by atoms with Crippen LogP contribution in [0.3, 0.4) is 0 Å². The highest BCUT2D eigenvalue weighted by atomic mass is 19.4. The molecule has 0 amide bonds. The van der Waals surface area contributed by atoms with E-state index in [9.17, 15) is 13.2 Å². The zero-order chi connectivity index (χ0) is 16.4. The topological polar surface area (TPSA) is 79.0 Å². The molecule has 3 rings (SSSR count).